The molecule has 1 unspecified atom stereocenters. The summed E-state index contributed by atoms with van der Waals surface area (Å²) in [7, 11) is 0. The average Bonchev–Trinajstić information content (AvgIpc) is 3.06. The first-order chi connectivity index (χ1) is 15.5. The second-order valence-electron chi connectivity index (χ2n) is 7.28. The zero-order valence-electron chi connectivity index (χ0n) is 17.4. The molecule has 1 aliphatic rings. The first-order valence-corrected chi connectivity index (χ1v) is 10.5. The highest BCUT2D eigenvalue weighted by molar-refractivity contribution is 6.46. The average molecular weight is 449 g/mol. The van der Waals surface area contributed by atoms with E-state index in [4.69, 9.17) is 16.3 Å². The fraction of sp³-hybridized carbons (Fsp3) is 0.160. The van der Waals surface area contributed by atoms with Crippen molar-refractivity contribution in [1.29, 1.82) is 0 Å². The van der Waals surface area contributed by atoms with E-state index in [1.165, 1.54) is 11.0 Å². The van der Waals surface area contributed by atoms with Gasteiger partial charge in [-0.2, -0.15) is 0 Å². The van der Waals surface area contributed by atoms with Crippen LogP contribution in [0, 0.1) is 0 Å². The number of hydrogen-bond donors (Lipinski definition) is 1. The maximum atomic E-state index is 13.1. The normalized spacial score (nSPS) is 17.6. The number of aliphatic hydroxyl groups excluding tert-OH is 1. The Balaban J connectivity index is 1.83. The third-order valence-corrected chi connectivity index (χ3v) is 5.53. The number of aromatic nitrogens is 1. The molecule has 0 saturated carbocycles. The van der Waals surface area contributed by atoms with Gasteiger partial charge in [-0.15, -0.1) is 0 Å². The number of rotatable bonds is 6. The van der Waals surface area contributed by atoms with Gasteiger partial charge < -0.3 is 14.7 Å². The number of ether oxygens (including phenoxy) is 1. The molecule has 7 heteroatoms. The minimum Gasteiger partial charge on any atom is -0.507 e. The molecule has 0 bridgehead atoms. The number of Topliss-reactive ketones (excluding diaryl/α,β-unsaturated/α-hetero) is 1. The van der Waals surface area contributed by atoms with Gasteiger partial charge in [-0.25, -0.2) is 0 Å². The van der Waals surface area contributed by atoms with Crippen molar-refractivity contribution in [2.24, 2.45) is 0 Å². The Morgan fingerprint density at radius 2 is 1.91 bits per heavy atom. The van der Waals surface area contributed by atoms with Crippen molar-refractivity contribution in [1.82, 2.24) is 9.88 Å². The molecule has 2 aromatic carbocycles. The van der Waals surface area contributed by atoms with Gasteiger partial charge in [0.2, 0.25) is 0 Å². The van der Waals surface area contributed by atoms with Crippen LogP contribution in [0.3, 0.4) is 0 Å². The molecule has 4 rings (SSSR count). The van der Waals surface area contributed by atoms with Gasteiger partial charge in [0.15, 0.2) is 0 Å². The summed E-state index contributed by atoms with van der Waals surface area (Å²) in [6.45, 7) is 2.46. The first-order valence-electron chi connectivity index (χ1n) is 10.2. The largest absolute Gasteiger partial charge is 0.507 e. The Kier molecular flexibility index (Phi) is 6.23. The minimum absolute atomic E-state index is 0.0188. The van der Waals surface area contributed by atoms with E-state index in [1.54, 1.807) is 30.6 Å². The van der Waals surface area contributed by atoms with E-state index < -0.39 is 17.7 Å². The Morgan fingerprint density at radius 3 is 2.56 bits per heavy atom. The molecule has 1 fully saturated rings. The van der Waals surface area contributed by atoms with Gasteiger partial charge in [0.25, 0.3) is 11.7 Å². The molecule has 0 spiro atoms. The van der Waals surface area contributed by atoms with Crippen molar-refractivity contribution in [3.8, 4) is 5.75 Å². The Morgan fingerprint density at radius 1 is 1.12 bits per heavy atom. The lowest BCUT2D eigenvalue weighted by molar-refractivity contribution is -0.140. The van der Waals surface area contributed by atoms with E-state index in [-0.39, 0.29) is 17.9 Å². The lowest BCUT2D eigenvalue weighted by Crippen LogP contribution is -2.29. The lowest BCUT2D eigenvalue weighted by atomic mass is 9.95. The second-order valence-corrected chi connectivity index (χ2v) is 7.68. The zero-order chi connectivity index (χ0) is 22.7. The number of aliphatic hydroxyl groups is 1. The van der Waals surface area contributed by atoms with Gasteiger partial charge in [-0.05, 0) is 42.3 Å². The van der Waals surface area contributed by atoms with E-state index in [2.05, 4.69) is 4.98 Å². The molecule has 1 saturated heterocycles. The predicted molar refractivity (Wildman–Crippen MR) is 121 cm³/mol. The molecule has 0 radical (unpaired) electrons. The molecule has 32 heavy (non-hydrogen) atoms. The van der Waals surface area contributed by atoms with Crippen molar-refractivity contribution in [2.45, 2.75) is 19.5 Å². The summed E-state index contributed by atoms with van der Waals surface area (Å²) in [6.07, 6.45) is 3.29. The van der Waals surface area contributed by atoms with Crippen molar-refractivity contribution in [3.63, 3.8) is 0 Å². The zero-order valence-corrected chi connectivity index (χ0v) is 18.1. The summed E-state index contributed by atoms with van der Waals surface area (Å²) < 4.78 is 5.44. The Bertz CT molecular complexity index is 1180. The first kappa shape index (κ1) is 21.6. The third kappa shape index (κ3) is 4.09. The lowest BCUT2D eigenvalue weighted by Gasteiger charge is -2.25. The maximum absolute atomic E-state index is 13.1. The smallest absolute Gasteiger partial charge is 0.295 e. The van der Waals surface area contributed by atoms with Crippen LogP contribution in [0.15, 0.2) is 78.6 Å². The molecule has 1 aromatic heterocycles. The molecule has 3 aromatic rings. The standard InChI is InChI=1S/C25H21ClN2O4/c1-2-32-20-11-10-18(13-19(20)26)23(29)21-22(17-8-4-3-5-9-17)28(25(31)24(21)30)15-16-7-6-12-27-14-16/h3-14,22,29H,2,15H2,1H3/b23-21-. The van der Waals surface area contributed by atoms with Crippen LogP contribution in [-0.4, -0.2) is 33.3 Å². The molecular weight excluding hydrogens is 428 g/mol. The molecule has 1 N–H and O–H groups in total. The van der Waals surface area contributed by atoms with Crippen LogP contribution in [0.25, 0.3) is 5.76 Å². The molecule has 2 heterocycles. The number of amides is 1. The number of likely N-dealkylation sites (tertiary alicyclic amines) is 1. The fourth-order valence-electron chi connectivity index (χ4n) is 3.79. The van der Waals surface area contributed by atoms with E-state index in [0.29, 0.717) is 28.5 Å². The SMILES string of the molecule is CCOc1ccc(/C(O)=C2/C(=O)C(=O)N(Cc3cccnc3)C2c2ccccc2)cc1Cl. The summed E-state index contributed by atoms with van der Waals surface area (Å²) in [4.78, 5) is 31.6. The van der Waals surface area contributed by atoms with E-state index in [9.17, 15) is 14.7 Å². The van der Waals surface area contributed by atoms with Gasteiger partial charge in [0.05, 0.1) is 23.2 Å². The number of carbonyl (C=O) groups is 2. The highest BCUT2D eigenvalue weighted by atomic mass is 35.5. The van der Waals surface area contributed by atoms with Crippen molar-refractivity contribution < 1.29 is 19.4 Å². The van der Waals surface area contributed by atoms with E-state index in [0.717, 1.165) is 5.56 Å². The number of ketones is 1. The van der Waals surface area contributed by atoms with Crippen molar-refractivity contribution in [3.05, 3.63) is 100 Å². The maximum Gasteiger partial charge on any atom is 0.295 e. The number of carbonyl (C=O) groups excluding carboxylic acids is 2. The third-order valence-electron chi connectivity index (χ3n) is 5.24. The molecule has 6 nitrogen and oxygen atoms in total. The number of nitrogens with zero attached hydrogens (tertiary/aromatic N) is 2. The van der Waals surface area contributed by atoms with E-state index in [1.807, 2.05) is 43.3 Å². The quantitative estimate of drug-likeness (QED) is 0.334. The molecule has 1 atom stereocenters. The van der Waals surface area contributed by atoms with Gasteiger partial charge in [0.1, 0.15) is 11.5 Å². The summed E-state index contributed by atoms with van der Waals surface area (Å²) in [5, 5.41) is 11.4. The molecular formula is C25H21ClN2O4. The summed E-state index contributed by atoms with van der Waals surface area (Å²) in [5.41, 5.74) is 1.85. The predicted octanol–water partition coefficient (Wildman–Crippen LogP) is 4.76. The van der Waals surface area contributed by atoms with Crippen LogP contribution in [0.4, 0.5) is 0 Å². The van der Waals surface area contributed by atoms with Crippen LogP contribution in [0.2, 0.25) is 5.02 Å². The highest BCUT2D eigenvalue weighted by Crippen LogP contribution is 2.41. The van der Waals surface area contributed by atoms with Gasteiger partial charge >= 0.3 is 0 Å². The summed E-state index contributed by atoms with van der Waals surface area (Å²) in [5.74, 6) is -1.23. The monoisotopic (exact) mass is 448 g/mol. The number of pyridine rings is 1. The molecule has 1 amide bonds. The van der Waals surface area contributed by atoms with E-state index >= 15 is 0 Å². The van der Waals surface area contributed by atoms with Crippen LogP contribution in [0.5, 0.6) is 5.75 Å². The second kappa shape index (κ2) is 9.24. The van der Waals surface area contributed by atoms with Crippen LogP contribution in [0.1, 0.15) is 29.7 Å². The molecule has 162 valence electrons. The minimum atomic E-state index is -0.748. The number of benzene rings is 2. The fourth-order valence-corrected chi connectivity index (χ4v) is 4.02. The Hall–Kier alpha value is -3.64. The van der Waals surface area contributed by atoms with Crippen molar-refractivity contribution in [2.75, 3.05) is 6.61 Å². The summed E-state index contributed by atoms with van der Waals surface area (Å²) >= 11 is 6.29. The highest BCUT2D eigenvalue weighted by Gasteiger charge is 2.46. The van der Waals surface area contributed by atoms with Crippen LogP contribution in [-0.2, 0) is 16.1 Å². The van der Waals surface area contributed by atoms with Gasteiger partial charge in [-0.3, -0.25) is 14.6 Å². The van der Waals surface area contributed by atoms with Crippen LogP contribution < -0.4 is 4.74 Å². The summed E-state index contributed by atoms with van der Waals surface area (Å²) in [6, 6.07) is 16.8. The van der Waals surface area contributed by atoms with Gasteiger partial charge in [-0.1, -0.05) is 48.0 Å². The molecule has 0 aliphatic carbocycles. The molecule has 1 aliphatic heterocycles. The van der Waals surface area contributed by atoms with Crippen LogP contribution >= 0.6 is 11.6 Å². The topological polar surface area (TPSA) is 79.7 Å². The Labute approximate surface area is 190 Å². The van der Waals surface area contributed by atoms with Gasteiger partial charge in [0, 0.05) is 24.5 Å². The number of halogens is 1. The number of hydrogen-bond acceptors (Lipinski definition) is 5. The van der Waals surface area contributed by atoms with Crippen molar-refractivity contribution >= 4 is 29.1 Å².